The summed E-state index contributed by atoms with van der Waals surface area (Å²) in [6.45, 7) is 5.98. The van der Waals surface area contributed by atoms with E-state index in [4.69, 9.17) is 32.5 Å². The average molecular weight is 259 g/mol. The van der Waals surface area contributed by atoms with Crippen molar-refractivity contribution in [3.05, 3.63) is 28.2 Å². The lowest BCUT2D eigenvalue weighted by Crippen LogP contribution is -2.35. The van der Waals surface area contributed by atoms with Gasteiger partial charge in [-0.2, -0.15) is 0 Å². The molecular formula is C11H13BCl2O2. The monoisotopic (exact) mass is 258 g/mol. The Balaban J connectivity index is 2.31. The predicted molar refractivity (Wildman–Crippen MR) is 67.6 cm³/mol. The molecule has 0 N–H and O–H groups in total. The molecule has 1 aliphatic rings. The minimum absolute atomic E-state index is 0.0209. The zero-order valence-electron chi connectivity index (χ0n) is 9.46. The third kappa shape index (κ3) is 2.10. The van der Waals surface area contributed by atoms with E-state index in [0.29, 0.717) is 10.0 Å². The smallest absolute Gasteiger partial charge is 0.402 e. The van der Waals surface area contributed by atoms with E-state index in [1.807, 2.05) is 32.9 Å². The van der Waals surface area contributed by atoms with Crippen molar-refractivity contribution in [3.8, 4) is 0 Å². The van der Waals surface area contributed by atoms with Crippen LogP contribution in [0.15, 0.2) is 18.2 Å². The van der Waals surface area contributed by atoms with Gasteiger partial charge in [0.25, 0.3) is 0 Å². The second kappa shape index (κ2) is 4.23. The van der Waals surface area contributed by atoms with Gasteiger partial charge in [0, 0.05) is 5.46 Å². The maximum Gasteiger partial charge on any atom is 0.496 e. The molecule has 1 aliphatic heterocycles. The van der Waals surface area contributed by atoms with Gasteiger partial charge in [-0.1, -0.05) is 35.3 Å². The fraction of sp³-hybridized carbons (Fsp3) is 0.455. The first kappa shape index (κ1) is 12.2. The van der Waals surface area contributed by atoms with E-state index in [9.17, 15) is 0 Å². The molecule has 0 radical (unpaired) electrons. The first-order valence-corrected chi connectivity index (χ1v) is 5.94. The molecule has 1 atom stereocenters. The average Bonchev–Trinajstić information content (AvgIpc) is 2.46. The van der Waals surface area contributed by atoms with Crippen LogP contribution in [0.2, 0.25) is 10.0 Å². The van der Waals surface area contributed by atoms with Crippen LogP contribution in [0.5, 0.6) is 0 Å². The summed E-state index contributed by atoms with van der Waals surface area (Å²) in [5.41, 5.74) is 0.475. The largest absolute Gasteiger partial charge is 0.496 e. The van der Waals surface area contributed by atoms with Crippen LogP contribution in [0.25, 0.3) is 0 Å². The normalized spacial score (nSPS) is 23.8. The molecule has 16 heavy (non-hydrogen) atoms. The maximum atomic E-state index is 6.12. The molecule has 2 rings (SSSR count). The van der Waals surface area contributed by atoms with Gasteiger partial charge in [0.15, 0.2) is 0 Å². The van der Waals surface area contributed by atoms with Crippen molar-refractivity contribution in [1.82, 2.24) is 0 Å². The van der Waals surface area contributed by atoms with Crippen LogP contribution in [0.1, 0.15) is 20.8 Å². The van der Waals surface area contributed by atoms with Crippen LogP contribution >= 0.6 is 23.2 Å². The highest BCUT2D eigenvalue weighted by Crippen LogP contribution is 2.29. The second-order valence-electron chi connectivity index (χ2n) is 4.47. The highest BCUT2D eigenvalue weighted by atomic mass is 35.5. The van der Waals surface area contributed by atoms with Crippen LogP contribution in [-0.4, -0.2) is 18.8 Å². The van der Waals surface area contributed by atoms with Crippen LogP contribution in [-0.2, 0) is 9.31 Å². The molecular weight excluding hydrogens is 246 g/mol. The van der Waals surface area contributed by atoms with Crippen LogP contribution in [0.4, 0.5) is 0 Å². The van der Waals surface area contributed by atoms with Crippen LogP contribution < -0.4 is 5.46 Å². The summed E-state index contributed by atoms with van der Waals surface area (Å²) >= 11 is 12.1. The van der Waals surface area contributed by atoms with Crippen molar-refractivity contribution in [2.75, 3.05) is 0 Å². The highest BCUT2D eigenvalue weighted by Gasteiger charge is 2.44. The lowest BCUT2D eigenvalue weighted by atomic mass is 9.79. The zero-order valence-corrected chi connectivity index (χ0v) is 11.0. The molecule has 0 saturated carbocycles. The fourth-order valence-corrected chi connectivity index (χ4v) is 1.98. The van der Waals surface area contributed by atoms with Crippen molar-refractivity contribution in [2.45, 2.75) is 32.5 Å². The zero-order chi connectivity index (χ0) is 11.9. The van der Waals surface area contributed by atoms with Gasteiger partial charge in [0.05, 0.1) is 21.8 Å². The summed E-state index contributed by atoms with van der Waals surface area (Å²) in [6.07, 6.45) is 0.0209. The molecule has 1 aromatic carbocycles. The quantitative estimate of drug-likeness (QED) is 0.722. The van der Waals surface area contributed by atoms with Gasteiger partial charge in [-0.15, -0.1) is 0 Å². The Morgan fingerprint density at radius 3 is 2.56 bits per heavy atom. The predicted octanol–water partition coefficient (Wildman–Crippen LogP) is 2.90. The Morgan fingerprint density at radius 1 is 1.31 bits per heavy atom. The van der Waals surface area contributed by atoms with Crippen molar-refractivity contribution in [3.63, 3.8) is 0 Å². The summed E-state index contributed by atoms with van der Waals surface area (Å²) in [6, 6.07) is 5.45. The number of hydrogen-bond donors (Lipinski definition) is 0. The van der Waals surface area contributed by atoms with Crippen molar-refractivity contribution < 1.29 is 9.31 Å². The van der Waals surface area contributed by atoms with E-state index in [-0.39, 0.29) is 11.7 Å². The SMILES string of the molecule is CC1OB(c2cccc(Cl)c2Cl)OC1(C)C. The molecule has 2 nitrogen and oxygen atoms in total. The fourth-order valence-electron chi connectivity index (χ4n) is 1.59. The van der Waals surface area contributed by atoms with Gasteiger partial charge in [0.1, 0.15) is 0 Å². The number of halogens is 2. The Labute approximate surface area is 106 Å². The molecule has 0 amide bonds. The summed E-state index contributed by atoms with van der Waals surface area (Å²) in [7, 11) is -0.434. The Hall–Kier alpha value is -0.215. The van der Waals surface area contributed by atoms with Gasteiger partial charge in [-0.05, 0) is 26.8 Å². The Kier molecular flexibility index (Phi) is 3.23. The summed E-state index contributed by atoms with van der Waals surface area (Å²) in [5.74, 6) is 0. The van der Waals surface area contributed by atoms with Gasteiger partial charge in [-0.25, -0.2) is 0 Å². The summed E-state index contributed by atoms with van der Waals surface area (Å²) in [5, 5.41) is 1.02. The molecule has 1 heterocycles. The van der Waals surface area contributed by atoms with E-state index in [0.717, 1.165) is 5.46 Å². The topological polar surface area (TPSA) is 18.5 Å². The molecule has 5 heteroatoms. The standard InChI is InChI=1S/C11H13BCl2O2/c1-7-11(2,3)16-12(15-7)8-5-4-6-9(13)10(8)14/h4-7H,1-3H3. The molecule has 1 fully saturated rings. The van der Waals surface area contributed by atoms with Gasteiger partial charge in [-0.3, -0.25) is 0 Å². The van der Waals surface area contributed by atoms with Crippen molar-refractivity contribution >= 4 is 35.8 Å². The van der Waals surface area contributed by atoms with E-state index in [1.54, 1.807) is 6.07 Å². The van der Waals surface area contributed by atoms with Gasteiger partial charge in [0.2, 0.25) is 0 Å². The van der Waals surface area contributed by atoms with E-state index >= 15 is 0 Å². The lowest BCUT2D eigenvalue weighted by molar-refractivity contribution is 0.0842. The molecule has 86 valence electrons. The Bertz CT molecular complexity index is 409. The molecule has 1 aromatic rings. The lowest BCUT2D eigenvalue weighted by Gasteiger charge is -2.21. The van der Waals surface area contributed by atoms with Gasteiger partial charge >= 0.3 is 7.12 Å². The first-order chi connectivity index (χ1) is 7.42. The number of benzene rings is 1. The van der Waals surface area contributed by atoms with E-state index in [2.05, 4.69) is 0 Å². The molecule has 1 unspecified atom stereocenters. The highest BCUT2D eigenvalue weighted by molar-refractivity contribution is 6.66. The molecule has 1 saturated heterocycles. The molecule has 0 bridgehead atoms. The Morgan fingerprint density at radius 2 is 2.00 bits per heavy atom. The number of rotatable bonds is 1. The third-order valence-corrected chi connectivity index (χ3v) is 3.79. The second-order valence-corrected chi connectivity index (χ2v) is 5.26. The number of hydrogen-bond acceptors (Lipinski definition) is 2. The molecule has 0 aliphatic carbocycles. The van der Waals surface area contributed by atoms with Crippen LogP contribution in [0, 0.1) is 0 Å². The molecule has 0 aromatic heterocycles. The molecule has 0 spiro atoms. The van der Waals surface area contributed by atoms with Gasteiger partial charge < -0.3 is 9.31 Å². The summed E-state index contributed by atoms with van der Waals surface area (Å²) < 4.78 is 11.6. The third-order valence-electron chi connectivity index (χ3n) is 2.95. The van der Waals surface area contributed by atoms with Crippen molar-refractivity contribution in [1.29, 1.82) is 0 Å². The van der Waals surface area contributed by atoms with E-state index < -0.39 is 7.12 Å². The maximum absolute atomic E-state index is 6.12. The summed E-state index contributed by atoms with van der Waals surface area (Å²) in [4.78, 5) is 0. The minimum atomic E-state index is -0.434. The van der Waals surface area contributed by atoms with E-state index in [1.165, 1.54) is 0 Å². The van der Waals surface area contributed by atoms with Crippen LogP contribution in [0.3, 0.4) is 0 Å². The first-order valence-electron chi connectivity index (χ1n) is 5.19. The van der Waals surface area contributed by atoms with Crippen molar-refractivity contribution in [2.24, 2.45) is 0 Å². The minimum Gasteiger partial charge on any atom is -0.402 e.